The van der Waals surface area contributed by atoms with Crippen molar-refractivity contribution in [3.63, 3.8) is 0 Å². The van der Waals surface area contributed by atoms with Gasteiger partial charge in [0.1, 0.15) is 0 Å². The predicted molar refractivity (Wildman–Crippen MR) is 70.7 cm³/mol. The maximum Gasteiger partial charge on any atom is 0.354 e. The lowest BCUT2D eigenvalue weighted by atomic mass is 10.1. The van der Waals surface area contributed by atoms with Gasteiger partial charge in [0.15, 0.2) is 11.4 Å². The number of ether oxygens (including phenoxy) is 1. The summed E-state index contributed by atoms with van der Waals surface area (Å²) in [6.07, 6.45) is 3.97. The van der Waals surface area contributed by atoms with Crippen LogP contribution in [0.3, 0.4) is 0 Å². The molecule has 2 rings (SSSR count). The van der Waals surface area contributed by atoms with Crippen LogP contribution >= 0.6 is 0 Å². The monoisotopic (exact) mass is 281 g/mol. The van der Waals surface area contributed by atoms with Gasteiger partial charge in [-0.05, 0) is 19.3 Å². The summed E-state index contributed by atoms with van der Waals surface area (Å²) in [4.78, 5) is 31.3. The van der Waals surface area contributed by atoms with E-state index in [0.717, 1.165) is 19.3 Å². The Labute approximate surface area is 116 Å². The van der Waals surface area contributed by atoms with E-state index in [-0.39, 0.29) is 23.4 Å². The van der Waals surface area contributed by atoms with Gasteiger partial charge in [-0.3, -0.25) is 4.79 Å². The zero-order valence-corrected chi connectivity index (χ0v) is 11.5. The Morgan fingerprint density at radius 1 is 1.60 bits per heavy atom. The summed E-state index contributed by atoms with van der Waals surface area (Å²) in [5.74, 6) is -1.53. The summed E-state index contributed by atoms with van der Waals surface area (Å²) in [7, 11) is 0. The maximum absolute atomic E-state index is 12.3. The molecule has 1 unspecified atom stereocenters. The second-order valence-electron chi connectivity index (χ2n) is 4.82. The normalized spacial score (nSPS) is 19.1. The average molecular weight is 281 g/mol. The number of carbonyl (C=O) groups is 2. The summed E-state index contributed by atoms with van der Waals surface area (Å²) in [6, 6.07) is 0. The zero-order chi connectivity index (χ0) is 14.5. The number of piperidine rings is 1. The van der Waals surface area contributed by atoms with Gasteiger partial charge in [0.05, 0.1) is 12.4 Å². The Morgan fingerprint density at radius 3 is 3.10 bits per heavy atom. The van der Waals surface area contributed by atoms with Gasteiger partial charge in [0.2, 0.25) is 0 Å². The van der Waals surface area contributed by atoms with Crippen molar-refractivity contribution in [1.82, 2.24) is 14.9 Å². The van der Waals surface area contributed by atoms with Gasteiger partial charge < -0.3 is 19.7 Å². The van der Waals surface area contributed by atoms with E-state index >= 15 is 0 Å². The topological polar surface area (TPSA) is 95.5 Å². The molecule has 110 valence electrons. The molecule has 1 amide bonds. The third-order valence-corrected chi connectivity index (χ3v) is 3.28. The molecule has 7 heteroatoms. The van der Waals surface area contributed by atoms with E-state index in [1.807, 2.05) is 6.92 Å². The fourth-order valence-electron chi connectivity index (χ4n) is 2.31. The summed E-state index contributed by atoms with van der Waals surface area (Å²) in [6.45, 7) is 3.81. The molecule has 1 aliphatic rings. The lowest BCUT2D eigenvalue weighted by Crippen LogP contribution is -2.43. The van der Waals surface area contributed by atoms with Crippen molar-refractivity contribution in [1.29, 1.82) is 0 Å². The van der Waals surface area contributed by atoms with Gasteiger partial charge >= 0.3 is 5.97 Å². The molecule has 0 bridgehead atoms. The predicted octanol–water partition coefficient (Wildman–Crippen LogP) is 1.14. The van der Waals surface area contributed by atoms with Crippen LogP contribution in [0, 0.1) is 0 Å². The number of H-pyrrole nitrogens is 1. The van der Waals surface area contributed by atoms with Crippen molar-refractivity contribution in [2.75, 3.05) is 19.7 Å². The molecule has 0 saturated carbocycles. The number of hydrogen-bond acceptors (Lipinski definition) is 4. The van der Waals surface area contributed by atoms with Crippen LogP contribution in [0.25, 0.3) is 0 Å². The molecular formula is C13H19N3O4. The first-order valence-corrected chi connectivity index (χ1v) is 6.81. The summed E-state index contributed by atoms with van der Waals surface area (Å²) in [5, 5.41) is 9.00. The number of imidazole rings is 1. The molecule has 2 heterocycles. The number of aromatic amines is 1. The molecule has 0 aromatic carbocycles. The van der Waals surface area contributed by atoms with E-state index in [9.17, 15) is 9.59 Å². The summed E-state index contributed by atoms with van der Waals surface area (Å²) in [5.41, 5.74) is -0.194. The highest BCUT2D eigenvalue weighted by molar-refractivity contribution is 6.02. The third-order valence-electron chi connectivity index (χ3n) is 3.28. The van der Waals surface area contributed by atoms with Crippen molar-refractivity contribution in [2.45, 2.75) is 32.3 Å². The fourth-order valence-corrected chi connectivity index (χ4v) is 2.31. The van der Waals surface area contributed by atoms with Crippen molar-refractivity contribution in [3.8, 4) is 0 Å². The highest BCUT2D eigenvalue weighted by Crippen LogP contribution is 2.17. The minimum absolute atomic E-state index is 0.0277. The molecule has 0 radical (unpaired) electrons. The van der Waals surface area contributed by atoms with Gasteiger partial charge in [-0.15, -0.1) is 0 Å². The number of likely N-dealkylation sites (tertiary alicyclic amines) is 1. The van der Waals surface area contributed by atoms with E-state index in [2.05, 4.69) is 9.97 Å². The molecule has 1 aromatic rings. The molecule has 7 nitrogen and oxygen atoms in total. The van der Waals surface area contributed by atoms with Crippen LogP contribution in [0.1, 0.15) is 47.2 Å². The Morgan fingerprint density at radius 2 is 2.40 bits per heavy atom. The van der Waals surface area contributed by atoms with Gasteiger partial charge in [-0.1, -0.05) is 6.92 Å². The van der Waals surface area contributed by atoms with Crippen LogP contribution in [0.2, 0.25) is 0 Å². The first-order chi connectivity index (χ1) is 9.63. The minimum Gasteiger partial charge on any atom is -0.477 e. The SMILES string of the molecule is CCCOC1CCCN(C(=O)c2nc[nH]c2C(=O)O)C1. The second kappa shape index (κ2) is 6.51. The number of rotatable bonds is 5. The number of hydrogen-bond donors (Lipinski definition) is 2. The molecule has 2 N–H and O–H groups in total. The van der Waals surface area contributed by atoms with Crippen molar-refractivity contribution in [2.24, 2.45) is 0 Å². The van der Waals surface area contributed by atoms with Gasteiger partial charge in [-0.2, -0.15) is 0 Å². The number of aromatic nitrogens is 2. The maximum atomic E-state index is 12.3. The molecular weight excluding hydrogens is 262 g/mol. The molecule has 1 aliphatic heterocycles. The third kappa shape index (κ3) is 3.16. The van der Waals surface area contributed by atoms with E-state index in [4.69, 9.17) is 9.84 Å². The van der Waals surface area contributed by atoms with Crippen LogP contribution in [0.15, 0.2) is 6.33 Å². The van der Waals surface area contributed by atoms with Gasteiger partial charge in [0.25, 0.3) is 5.91 Å². The van der Waals surface area contributed by atoms with Crippen molar-refractivity contribution < 1.29 is 19.4 Å². The molecule has 1 aromatic heterocycles. The quantitative estimate of drug-likeness (QED) is 0.843. The number of carbonyl (C=O) groups excluding carboxylic acids is 1. The molecule has 1 fully saturated rings. The number of carboxylic acid groups (broad SMARTS) is 1. The van der Waals surface area contributed by atoms with E-state index in [1.54, 1.807) is 4.90 Å². The van der Waals surface area contributed by atoms with Gasteiger partial charge in [0, 0.05) is 19.7 Å². The lowest BCUT2D eigenvalue weighted by Gasteiger charge is -2.32. The number of nitrogens with one attached hydrogen (secondary N) is 1. The Hall–Kier alpha value is -1.89. The highest BCUT2D eigenvalue weighted by Gasteiger charge is 2.29. The lowest BCUT2D eigenvalue weighted by molar-refractivity contribution is 0.00187. The van der Waals surface area contributed by atoms with Crippen LogP contribution in [0.5, 0.6) is 0 Å². The Bertz CT molecular complexity index is 486. The highest BCUT2D eigenvalue weighted by atomic mass is 16.5. The van der Waals surface area contributed by atoms with Crippen LogP contribution in [-0.4, -0.2) is 57.7 Å². The first-order valence-electron chi connectivity index (χ1n) is 6.81. The molecule has 1 saturated heterocycles. The first kappa shape index (κ1) is 14.5. The average Bonchev–Trinajstić information content (AvgIpc) is 2.94. The van der Waals surface area contributed by atoms with Crippen LogP contribution in [0.4, 0.5) is 0 Å². The standard InChI is InChI=1S/C13H19N3O4/c1-2-6-20-9-4-3-5-16(7-9)12(17)10-11(13(18)19)15-8-14-10/h8-9H,2-7H2,1H3,(H,14,15)(H,18,19). The number of carboxylic acids is 1. The second-order valence-corrected chi connectivity index (χ2v) is 4.82. The van der Waals surface area contributed by atoms with Crippen LogP contribution in [-0.2, 0) is 4.74 Å². The summed E-state index contributed by atoms with van der Waals surface area (Å²) < 4.78 is 5.67. The number of amides is 1. The number of aromatic carboxylic acids is 1. The van der Waals surface area contributed by atoms with E-state index in [1.165, 1.54) is 6.33 Å². The zero-order valence-electron chi connectivity index (χ0n) is 11.5. The molecule has 0 spiro atoms. The minimum atomic E-state index is -1.18. The Balaban J connectivity index is 2.04. The van der Waals surface area contributed by atoms with Crippen LogP contribution < -0.4 is 0 Å². The summed E-state index contributed by atoms with van der Waals surface area (Å²) >= 11 is 0. The molecule has 20 heavy (non-hydrogen) atoms. The number of nitrogens with zero attached hydrogens (tertiary/aromatic N) is 2. The fraction of sp³-hybridized carbons (Fsp3) is 0.615. The Kier molecular flexibility index (Phi) is 4.73. The smallest absolute Gasteiger partial charge is 0.354 e. The van der Waals surface area contributed by atoms with Crippen molar-refractivity contribution >= 4 is 11.9 Å². The molecule has 0 aliphatic carbocycles. The van der Waals surface area contributed by atoms with E-state index < -0.39 is 5.97 Å². The van der Waals surface area contributed by atoms with Crippen molar-refractivity contribution in [3.05, 3.63) is 17.7 Å². The largest absolute Gasteiger partial charge is 0.477 e. The molecule has 1 atom stereocenters. The van der Waals surface area contributed by atoms with E-state index in [0.29, 0.717) is 19.7 Å². The van der Waals surface area contributed by atoms with Gasteiger partial charge in [-0.25, -0.2) is 9.78 Å².